The van der Waals surface area contributed by atoms with Crippen molar-refractivity contribution in [3.05, 3.63) is 41.2 Å². The van der Waals surface area contributed by atoms with Crippen LogP contribution in [0.5, 0.6) is 5.75 Å². The van der Waals surface area contributed by atoms with E-state index in [9.17, 15) is 15.2 Å². The Morgan fingerprint density at radius 1 is 1.50 bits per heavy atom. The van der Waals surface area contributed by atoms with Crippen molar-refractivity contribution in [2.45, 2.75) is 19.8 Å². The summed E-state index contributed by atoms with van der Waals surface area (Å²) in [5.74, 6) is -1.46. The number of rotatable bonds is 2. The van der Waals surface area contributed by atoms with Crippen LogP contribution in [0.4, 0.5) is 0 Å². The minimum absolute atomic E-state index is 0.0535. The molecule has 102 valence electrons. The topological polar surface area (TPSA) is 94.2 Å². The van der Waals surface area contributed by atoms with Crippen LogP contribution in [-0.4, -0.2) is 16.8 Å². The molecule has 0 bridgehead atoms. The van der Waals surface area contributed by atoms with Crippen molar-refractivity contribution in [1.29, 1.82) is 10.7 Å². The Balaban J connectivity index is 2.65. The van der Waals surface area contributed by atoms with Gasteiger partial charge in [-0.3, -0.25) is 10.2 Å². The molecule has 1 heterocycles. The predicted octanol–water partition coefficient (Wildman–Crippen LogP) is 2.49. The number of ether oxygens (including phenoxy) is 1. The van der Waals surface area contributed by atoms with Crippen LogP contribution in [0.15, 0.2) is 35.6 Å². The zero-order valence-corrected chi connectivity index (χ0v) is 11.2. The number of benzene rings is 1. The summed E-state index contributed by atoms with van der Waals surface area (Å²) in [6.07, 6.45) is 0. The highest BCUT2D eigenvalue weighted by molar-refractivity contribution is 5.99. The van der Waals surface area contributed by atoms with E-state index in [1.54, 1.807) is 19.1 Å². The van der Waals surface area contributed by atoms with Crippen molar-refractivity contribution < 1.29 is 14.6 Å². The number of carbonyl (C=O) groups excluding carboxylic acids is 1. The van der Waals surface area contributed by atoms with Crippen molar-refractivity contribution in [2.75, 3.05) is 0 Å². The molecule has 1 aliphatic rings. The summed E-state index contributed by atoms with van der Waals surface area (Å²) in [6, 6.07) is 8.40. The van der Waals surface area contributed by atoms with Gasteiger partial charge < -0.3 is 9.84 Å². The van der Waals surface area contributed by atoms with Crippen LogP contribution in [0.3, 0.4) is 0 Å². The van der Waals surface area contributed by atoms with Gasteiger partial charge in [-0.25, -0.2) is 0 Å². The number of nitrogens with zero attached hydrogens (tertiary/aromatic N) is 1. The highest BCUT2D eigenvalue weighted by Gasteiger charge is 2.39. The van der Waals surface area contributed by atoms with E-state index in [-0.39, 0.29) is 17.4 Å². The van der Waals surface area contributed by atoms with Gasteiger partial charge in [-0.1, -0.05) is 12.1 Å². The van der Waals surface area contributed by atoms with Gasteiger partial charge in [0.1, 0.15) is 17.4 Å². The van der Waals surface area contributed by atoms with Gasteiger partial charge in [0.25, 0.3) is 0 Å². The molecule has 2 rings (SSSR count). The first-order valence-corrected chi connectivity index (χ1v) is 6.12. The van der Waals surface area contributed by atoms with E-state index < -0.39 is 11.8 Å². The molecule has 0 amide bonds. The van der Waals surface area contributed by atoms with Crippen LogP contribution in [0, 0.1) is 22.7 Å². The number of carbonyl (C=O) groups is 1. The number of phenolic OH excluding ortho intramolecular Hbond substituents is 1. The first kappa shape index (κ1) is 13.8. The number of ketones is 1. The summed E-state index contributed by atoms with van der Waals surface area (Å²) >= 11 is 0. The first-order valence-electron chi connectivity index (χ1n) is 6.12. The van der Waals surface area contributed by atoms with Crippen molar-refractivity contribution in [3.63, 3.8) is 0 Å². The molecule has 5 heteroatoms. The zero-order valence-electron chi connectivity index (χ0n) is 11.2. The molecule has 5 nitrogen and oxygen atoms in total. The Morgan fingerprint density at radius 3 is 2.75 bits per heavy atom. The van der Waals surface area contributed by atoms with Gasteiger partial charge in [0.15, 0.2) is 5.78 Å². The highest BCUT2D eigenvalue weighted by atomic mass is 16.5. The van der Waals surface area contributed by atoms with Gasteiger partial charge in [0.05, 0.1) is 6.07 Å². The number of Topliss-reactive ketones (excluding diaryl/α,β-unsaturated/α-hetero) is 1. The second kappa shape index (κ2) is 5.17. The van der Waals surface area contributed by atoms with Crippen LogP contribution in [0.1, 0.15) is 25.3 Å². The monoisotopic (exact) mass is 270 g/mol. The number of phenols is 1. The van der Waals surface area contributed by atoms with Crippen LogP contribution >= 0.6 is 0 Å². The summed E-state index contributed by atoms with van der Waals surface area (Å²) in [7, 11) is 0. The molecule has 20 heavy (non-hydrogen) atoms. The molecule has 2 unspecified atom stereocenters. The van der Waals surface area contributed by atoms with E-state index in [2.05, 4.69) is 0 Å². The average molecular weight is 270 g/mol. The minimum atomic E-state index is -0.876. The van der Waals surface area contributed by atoms with Crippen molar-refractivity contribution >= 4 is 11.7 Å². The molecular formula is C15H14N2O3. The summed E-state index contributed by atoms with van der Waals surface area (Å²) in [6.45, 7) is 3.01. The van der Waals surface area contributed by atoms with Crippen LogP contribution in [-0.2, 0) is 9.53 Å². The maximum atomic E-state index is 11.9. The maximum absolute atomic E-state index is 11.9. The number of hydrogen-bond acceptors (Lipinski definition) is 5. The lowest BCUT2D eigenvalue weighted by Crippen LogP contribution is -2.31. The van der Waals surface area contributed by atoms with E-state index in [4.69, 9.17) is 10.1 Å². The molecule has 0 saturated carbocycles. The fourth-order valence-electron chi connectivity index (χ4n) is 2.50. The second-order valence-corrected chi connectivity index (χ2v) is 4.67. The van der Waals surface area contributed by atoms with E-state index >= 15 is 0 Å². The van der Waals surface area contributed by atoms with Gasteiger partial charge in [-0.2, -0.15) is 5.26 Å². The van der Waals surface area contributed by atoms with E-state index in [0.29, 0.717) is 16.9 Å². The predicted molar refractivity (Wildman–Crippen MR) is 72.1 cm³/mol. The number of nitrogens with one attached hydrogen (secondary N) is 1. The van der Waals surface area contributed by atoms with Crippen molar-refractivity contribution in [2.24, 2.45) is 5.92 Å². The molecule has 1 aromatic carbocycles. The van der Waals surface area contributed by atoms with E-state index in [1.807, 2.05) is 6.07 Å². The van der Waals surface area contributed by atoms with E-state index in [1.165, 1.54) is 19.1 Å². The van der Waals surface area contributed by atoms with Gasteiger partial charge in [0.2, 0.25) is 5.90 Å². The molecule has 0 radical (unpaired) electrons. The standard InChI is InChI=1S/C15H14N2O3/c1-8(18)13-9(2)20-15(17)12(7-16)14(13)10-4-3-5-11(19)6-10/h3-6,12,14,17,19H,1-2H3. The summed E-state index contributed by atoms with van der Waals surface area (Å²) in [5.41, 5.74) is 0.993. The lowest BCUT2D eigenvalue weighted by atomic mass is 9.77. The van der Waals surface area contributed by atoms with Gasteiger partial charge >= 0.3 is 0 Å². The quantitative estimate of drug-likeness (QED) is 0.863. The third kappa shape index (κ3) is 2.28. The number of aromatic hydroxyl groups is 1. The average Bonchev–Trinajstić information content (AvgIpc) is 2.37. The normalized spacial score (nSPS) is 22.1. The first-order chi connectivity index (χ1) is 9.45. The Bertz CT molecular complexity index is 655. The molecule has 2 atom stereocenters. The Labute approximate surface area is 116 Å². The Hall–Kier alpha value is -2.61. The fraction of sp³-hybridized carbons (Fsp3) is 0.267. The molecule has 2 N–H and O–H groups in total. The summed E-state index contributed by atoms with van der Waals surface area (Å²) in [4.78, 5) is 11.9. The van der Waals surface area contributed by atoms with Crippen molar-refractivity contribution in [3.8, 4) is 11.8 Å². The van der Waals surface area contributed by atoms with Gasteiger partial charge in [-0.05, 0) is 31.5 Å². The number of allylic oxidation sites excluding steroid dienone is 2. The molecule has 0 saturated heterocycles. The number of hydrogen-bond donors (Lipinski definition) is 2. The van der Waals surface area contributed by atoms with Crippen LogP contribution < -0.4 is 0 Å². The zero-order chi connectivity index (χ0) is 14.9. The third-order valence-corrected chi connectivity index (χ3v) is 3.32. The second-order valence-electron chi connectivity index (χ2n) is 4.67. The SMILES string of the molecule is CC(=O)C1=C(C)OC(=N)C(C#N)C1c1cccc(O)c1. The third-order valence-electron chi connectivity index (χ3n) is 3.32. The lowest BCUT2D eigenvalue weighted by Gasteiger charge is -2.30. The summed E-state index contributed by atoms with van der Waals surface area (Å²) in [5, 5.41) is 26.7. The lowest BCUT2D eigenvalue weighted by molar-refractivity contribution is -0.114. The smallest absolute Gasteiger partial charge is 0.205 e. The molecule has 0 aliphatic carbocycles. The highest BCUT2D eigenvalue weighted by Crippen LogP contribution is 2.40. The van der Waals surface area contributed by atoms with Gasteiger partial charge in [-0.15, -0.1) is 0 Å². The Kier molecular flexibility index (Phi) is 3.57. The molecular weight excluding hydrogens is 256 g/mol. The fourth-order valence-corrected chi connectivity index (χ4v) is 2.50. The summed E-state index contributed by atoms with van der Waals surface area (Å²) < 4.78 is 5.20. The molecule has 0 aromatic heterocycles. The molecule has 0 spiro atoms. The number of nitriles is 1. The maximum Gasteiger partial charge on any atom is 0.205 e. The largest absolute Gasteiger partial charge is 0.508 e. The molecule has 0 fully saturated rings. The Morgan fingerprint density at radius 2 is 2.20 bits per heavy atom. The molecule has 1 aromatic rings. The van der Waals surface area contributed by atoms with E-state index in [0.717, 1.165) is 0 Å². The van der Waals surface area contributed by atoms with Crippen LogP contribution in [0.2, 0.25) is 0 Å². The molecule has 1 aliphatic heterocycles. The minimum Gasteiger partial charge on any atom is -0.508 e. The van der Waals surface area contributed by atoms with Gasteiger partial charge in [0, 0.05) is 11.5 Å². The van der Waals surface area contributed by atoms with Crippen molar-refractivity contribution in [1.82, 2.24) is 0 Å². The van der Waals surface area contributed by atoms with Crippen LogP contribution in [0.25, 0.3) is 0 Å².